The fraction of sp³-hybridized carbons (Fsp3) is 0.500. The molecule has 1 aromatic rings. The zero-order chi connectivity index (χ0) is 8.55. The van der Waals surface area contributed by atoms with E-state index in [4.69, 9.17) is 4.42 Å². The summed E-state index contributed by atoms with van der Waals surface area (Å²) in [4.78, 5) is 16.9. The Kier molecular flexibility index (Phi) is 1.60. The monoisotopic (exact) mass is 166 g/mol. The van der Waals surface area contributed by atoms with Crippen LogP contribution in [0.1, 0.15) is 18.5 Å². The van der Waals surface area contributed by atoms with Crippen LogP contribution < -0.4 is 4.90 Å². The summed E-state index contributed by atoms with van der Waals surface area (Å²) in [7, 11) is 0. The van der Waals surface area contributed by atoms with Gasteiger partial charge in [0.1, 0.15) is 6.26 Å². The molecule has 2 rings (SSSR count). The molecule has 0 atom stereocenters. The van der Waals surface area contributed by atoms with Crippen molar-refractivity contribution in [2.45, 2.75) is 19.8 Å². The Balaban J connectivity index is 2.24. The molecular weight excluding hydrogens is 156 g/mol. The number of rotatable bonds is 1. The maximum absolute atomic E-state index is 11.2. The first-order valence-electron chi connectivity index (χ1n) is 4.00. The van der Waals surface area contributed by atoms with Crippen molar-refractivity contribution >= 4 is 11.9 Å². The van der Waals surface area contributed by atoms with Crippen molar-refractivity contribution in [3.8, 4) is 0 Å². The number of nitrogens with zero attached hydrogens (tertiary/aromatic N) is 2. The van der Waals surface area contributed by atoms with E-state index < -0.39 is 0 Å². The molecule has 0 radical (unpaired) electrons. The van der Waals surface area contributed by atoms with Gasteiger partial charge in [0.05, 0.1) is 5.69 Å². The fourth-order valence-corrected chi connectivity index (χ4v) is 1.32. The molecule has 2 heterocycles. The predicted octanol–water partition coefficient (Wildman–Crippen LogP) is 1.11. The smallest absolute Gasteiger partial charge is 0.304 e. The van der Waals surface area contributed by atoms with Crippen LogP contribution in [0.5, 0.6) is 0 Å². The highest BCUT2D eigenvalue weighted by Gasteiger charge is 2.24. The third-order valence-electron chi connectivity index (χ3n) is 1.91. The highest BCUT2D eigenvalue weighted by molar-refractivity contribution is 5.93. The van der Waals surface area contributed by atoms with E-state index in [-0.39, 0.29) is 5.91 Å². The number of aryl methyl sites for hydroxylation is 1. The van der Waals surface area contributed by atoms with Gasteiger partial charge in [0, 0.05) is 13.0 Å². The van der Waals surface area contributed by atoms with Gasteiger partial charge in [0.15, 0.2) is 0 Å². The van der Waals surface area contributed by atoms with Gasteiger partial charge in [-0.1, -0.05) is 0 Å². The molecule has 1 aliphatic rings. The van der Waals surface area contributed by atoms with E-state index in [0.717, 1.165) is 18.7 Å². The Morgan fingerprint density at radius 3 is 3.00 bits per heavy atom. The van der Waals surface area contributed by atoms with Crippen molar-refractivity contribution < 1.29 is 9.21 Å². The Bertz CT molecular complexity index is 306. The first kappa shape index (κ1) is 7.34. The van der Waals surface area contributed by atoms with Gasteiger partial charge in [-0.15, -0.1) is 0 Å². The minimum Gasteiger partial charge on any atom is -0.431 e. The van der Waals surface area contributed by atoms with Gasteiger partial charge in [-0.25, -0.2) is 0 Å². The first-order chi connectivity index (χ1) is 5.77. The molecule has 4 nitrogen and oxygen atoms in total. The zero-order valence-corrected chi connectivity index (χ0v) is 6.91. The van der Waals surface area contributed by atoms with Crippen molar-refractivity contribution in [2.24, 2.45) is 0 Å². The molecule has 12 heavy (non-hydrogen) atoms. The second kappa shape index (κ2) is 2.62. The van der Waals surface area contributed by atoms with E-state index >= 15 is 0 Å². The van der Waals surface area contributed by atoms with Crippen molar-refractivity contribution in [3.63, 3.8) is 0 Å². The summed E-state index contributed by atoms with van der Waals surface area (Å²) in [5, 5.41) is 0. The van der Waals surface area contributed by atoms with E-state index in [0.29, 0.717) is 12.4 Å². The van der Waals surface area contributed by atoms with Gasteiger partial charge in [-0.05, 0) is 13.3 Å². The van der Waals surface area contributed by atoms with E-state index in [1.807, 2.05) is 6.92 Å². The average Bonchev–Trinajstić information content (AvgIpc) is 2.58. The molecule has 64 valence electrons. The topological polar surface area (TPSA) is 46.3 Å². The minimum atomic E-state index is 0.108. The lowest BCUT2D eigenvalue weighted by Gasteiger charge is -2.08. The highest BCUT2D eigenvalue weighted by Crippen LogP contribution is 2.19. The molecule has 0 bridgehead atoms. The molecule has 0 unspecified atom stereocenters. The number of aromatic nitrogens is 1. The summed E-state index contributed by atoms with van der Waals surface area (Å²) in [6.45, 7) is 2.58. The van der Waals surface area contributed by atoms with E-state index in [1.165, 1.54) is 0 Å². The van der Waals surface area contributed by atoms with Crippen LogP contribution in [0, 0.1) is 6.92 Å². The molecule has 4 heteroatoms. The van der Waals surface area contributed by atoms with Gasteiger partial charge in [0.2, 0.25) is 5.91 Å². The number of oxazole rings is 1. The molecule has 0 aliphatic carbocycles. The van der Waals surface area contributed by atoms with Crippen molar-refractivity contribution in [3.05, 3.63) is 12.0 Å². The number of hydrogen-bond acceptors (Lipinski definition) is 3. The van der Waals surface area contributed by atoms with Crippen LogP contribution >= 0.6 is 0 Å². The van der Waals surface area contributed by atoms with Gasteiger partial charge < -0.3 is 4.42 Å². The Hall–Kier alpha value is -1.32. The van der Waals surface area contributed by atoms with Crippen LogP contribution in [0.2, 0.25) is 0 Å². The first-order valence-corrected chi connectivity index (χ1v) is 4.00. The summed E-state index contributed by atoms with van der Waals surface area (Å²) < 4.78 is 5.11. The minimum absolute atomic E-state index is 0.108. The second-order valence-corrected chi connectivity index (χ2v) is 2.92. The largest absolute Gasteiger partial charge is 0.431 e. The zero-order valence-electron chi connectivity index (χ0n) is 6.91. The average molecular weight is 166 g/mol. The highest BCUT2D eigenvalue weighted by atomic mass is 16.4. The molecule has 0 saturated carbocycles. The number of carbonyl (C=O) groups is 1. The number of anilines is 1. The van der Waals surface area contributed by atoms with Gasteiger partial charge >= 0.3 is 6.01 Å². The fourth-order valence-electron chi connectivity index (χ4n) is 1.32. The standard InChI is InChI=1S/C8H10N2O2/c1-6-5-12-8(9-6)10-4-2-3-7(10)11/h5H,2-4H2,1H3. The van der Waals surface area contributed by atoms with Crippen LogP contribution in [0.15, 0.2) is 10.7 Å². The number of hydrogen-bond donors (Lipinski definition) is 0. The van der Waals surface area contributed by atoms with Gasteiger partial charge in [-0.2, -0.15) is 4.98 Å². The quantitative estimate of drug-likeness (QED) is 0.627. The Morgan fingerprint density at radius 1 is 1.67 bits per heavy atom. The van der Waals surface area contributed by atoms with Crippen LogP contribution in [-0.2, 0) is 4.79 Å². The number of carbonyl (C=O) groups excluding carboxylic acids is 1. The molecule has 1 fully saturated rings. The molecule has 0 N–H and O–H groups in total. The summed E-state index contributed by atoms with van der Waals surface area (Å²) >= 11 is 0. The summed E-state index contributed by atoms with van der Waals surface area (Å²) in [6, 6.07) is 0.440. The van der Waals surface area contributed by atoms with E-state index in [2.05, 4.69) is 4.98 Å². The Labute approximate surface area is 70.2 Å². The molecule has 1 aromatic heterocycles. The lowest BCUT2D eigenvalue weighted by molar-refractivity contribution is -0.117. The van der Waals surface area contributed by atoms with Crippen LogP contribution in [0.3, 0.4) is 0 Å². The van der Waals surface area contributed by atoms with Crippen molar-refractivity contribution in [1.82, 2.24) is 4.98 Å². The summed E-state index contributed by atoms with van der Waals surface area (Å²) in [5.74, 6) is 0.108. The maximum atomic E-state index is 11.2. The lowest BCUT2D eigenvalue weighted by atomic mass is 10.4. The van der Waals surface area contributed by atoms with Gasteiger partial charge in [-0.3, -0.25) is 9.69 Å². The van der Waals surface area contributed by atoms with Gasteiger partial charge in [0.25, 0.3) is 0 Å². The Morgan fingerprint density at radius 2 is 2.50 bits per heavy atom. The maximum Gasteiger partial charge on any atom is 0.304 e. The van der Waals surface area contributed by atoms with Crippen molar-refractivity contribution in [1.29, 1.82) is 0 Å². The van der Waals surface area contributed by atoms with Crippen LogP contribution in [0.25, 0.3) is 0 Å². The molecule has 1 saturated heterocycles. The van der Waals surface area contributed by atoms with Crippen LogP contribution in [0.4, 0.5) is 6.01 Å². The molecule has 0 aromatic carbocycles. The third-order valence-corrected chi connectivity index (χ3v) is 1.91. The molecule has 1 amide bonds. The summed E-state index contributed by atoms with van der Waals surface area (Å²) in [5.41, 5.74) is 0.810. The molecular formula is C8H10N2O2. The van der Waals surface area contributed by atoms with Crippen molar-refractivity contribution in [2.75, 3.05) is 11.4 Å². The lowest BCUT2D eigenvalue weighted by Crippen LogP contribution is -2.23. The molecule has 0 spiro atoms. The second-order valence-electron chi connectivity index (χ2n) is 2.92. The number of amides is 1. The predicted molar refractivity (Wildman–Crippen MR) is 42.8 cm³/mol. The summed E-state index contributed by atoms with van der Waals surface area (Å²) in [6.07, 6.45) is 3.07. The van der Waals surface area contributed by atoms with Crippen LogP contribution in [-0.4, -0.2) is 17.4 Å². The normalized spacial score (nSPS) is 17.4. The van der Waals surface area contributed by atoms with E-state index in [1.54, 1.807) is 11.2 Å². The van der Waals surface area contributed by atoms with E-state index in [9.17, 15) is 4.79 Å². The third kappa shape index (κ3) is 1.09. The SMILES string of the molecule is Cc1coc(N2CCCC2=O)n1. The molecule has 1 aliphatic heterocycles.